The topological polar surface area (TPSA) is 32.7 Å². The minimum absolute atomic E-state index is 0.120. The molecule has 0 aromatic heterocycles. The van der Waals surface area contributed by atoms with Gasteiger partial charge in [-0.15, -0.1) is 0 Å². The number of hydrogen-bond donors (Lipinski definition) is 0. The molecule has 13 heavy (non-hydrogen) atoms. The highest BCUT2D eigenvalue weighted by Crippen LogP contribution is 2.14. The Morgan fingerprint density at radius 2 is 2.38 bits per heavy atom. The van der Waals surface area contributed by atoms with Crippen molar-refractivity contribution in [2.24, 2.45) is 4.99 Å². The molecule has 0 aliphatic carbocycles. The van der Waals surface area contributed by atoms with Gasteiger partial charge in [-0.25, -0.2) is 4.99 Å². The molecule has 1 amide bonds. The summed E-state index contributed by atoms with van der Waals surface area (Å²) in [6.07, 6.45) is 1.63. The van der Waals surface area contributed by atoms with Crippen molar-refractivity contribution in [2.45, 2.75) is 6.92 Å². The molecule has 3 nitrogen and oxygen atoms in total. The Morgan fingerprint density at radius 1 is 1.77 bits per heavy atom. The van der Waals surface area contributed by atoms with E-state index in [0.717, 1.165) is 0 Å². The van der Waals surface area contributed by atoms with Crippen LogP contribution in [0.2, 0.25) is 0 Å². The smallest absolute Gasteiger partial charge is 0.272 e. The van der Waals surface area contributed by atoms with Crippen LogP contribution in [0.1, 0.15) is 6.92 Å². The van der Waals surface area contributed by atoms with Gasteiger partial charge in [-0.2, -0.15) is 0 Å². The Labute approximate surface area is 82.4 Å². The zero-order chi connectivity index (χ0) is 10.0. The molecule has 1 aliphatic rings. The van der Waals surface area contributed by atoms with Gasteiger partial charge in [0.1, 0.15) is 10.9 Å². The molecule has 0 aromatic rings. The summed E-state index contributed by atoms with van der Waals surface area (Å²) in [5.74, 6) is -0.120. The summed E-state index contributed by atoms with van der Waals surface area (Å²) in [6.45, 7) is 6.04. The van der Waals surface area contributed by atoms with Crippen LogP contribution < -0.4 is 0 Å². The van der Waals surface area contributed by atoms with E-state index >= 15 is 0 Å². The summed E-state index contributed by atoms with van der Waals surface area (Å²) in [7, 11) is 1.71. The van der Waals surface area contributed by atoms with Crippen LogP contribution in [-0.2, 0) is 4.79 Å². The van der Waals surface area contributed by atoms with Gasteiger partial charge >= 0.3 is 0 Å². The molecule has 1 heterocycles. The summed E-state index contributed by atoms with van der Waals surface area (Å²) in [5.41, 5.74) is 1.08. The van der Waals surface area contributed by atoms with E-state index in [1.807, 2.05) is 0 Å². The molecule has 0 unspecified atom stereocenters. The van der Waals surface area contributed by atoms with E-state index in [-0.39, 0.29) is 5.91 Å². The van der Waals surface area contributed by atoms with Crippen LogP contribution in [0.3, 0.4) is 0 Å². The highest BCUT2D eigenvalue weighted by molar-refractivity contribution is 6.48. The number of nitrogens with zero attached hydrogens (tertiary/aromatic N) is 2. The van der Waals surface area contributed by atoms with Crippen molar-refractivity contribution >= 4 is 23.2 Å². The number of allylic oxidation sites excluding steroid dienone is 1. The van der Waals surface area contributed by atoms with Gasteiger partial charge in [0.25, 0.3) is 5.91 Å². The number of carbonyl (C=O) groups is 1. The summed E-state index contributed by atoms with van der Waals surface area (Å²) in [5, 5.41) is 0.319. The monoisotopic (exact) mass is 198 g/mol. The second-order valence-electron chi connectivity index (χ2n) is 2.84. The van der Waals surface area contributed by atoms with Gasteiger partial charge in [-0.05, 0) is 12.5 Å². The molecular formula is C9H11ClN2O. The van der Waals surface area contributed by atoms with E-state index in [9.17, 15) is 4.79 Å². The molecule has 1 aliphatic heterocycles. The Kier molecular flexibility index (Phi) is 2.88. The van der Waals surface area contributed by atoms with Gasteiger partial charge in [0, 0.05) is 13.6 Å². The predicted molar refractivity (Wildman–Crippen MR) is 53.8 cm³/mol. The zero-order valence-electron chi connectivity index (χ0n) is 7.67. The van der Waals surface area contributed by atoms with Crippen LogP contribution in [0.25, 0.3) is 0 Å². The number of carbonyl (C=O) groups excluding carboxylic acids is 1. The third-order valence-electron chi connectivity index (χ3n) is 1.77. The number of halogens is 1. The summed E-state index contributed by atoms with van der Waals surface area (Å²) >= 11 is 5.69. The maximum Gasteiger partial charge on any atom is 0.272 e. The molecule has 0 N–H and O–H groups in total. The predicted octanol–water partition coefficient (Wildman–Crippen LogP) is 1.56. The lowest BCUT2D eigenvalue weighted by Crippen LogP contribution is -2.22. The SMILES string of the molecule is C=C1CN(C)C(=O)C1=N/C(Cl)=C\C. The van der Waals surface area contributed by atoms with Crippen molar-refractivity contribution in [2.75, 3.05) is 13.6 Å². The van der Waals surface area contributed by atoms with E-state index in [4.69, 9.17) is 11.6 Å². The van der Waals surface area contributed by atoms with Crippen molar-refractivity contribution < 1.29 is 4.79 Å². The highest BCUT2D eigenvalue weighted by atomic mass is 35.5. The normalized spacial score (nSPS) is 21.9. The lowest BCUT2D eigenvalue weighted by Gasteiger charge is -2.02. The molecule has 70 valence electrons. The van der Waals surface area contributed by atoms with Crippen molar-refractivity contribution in [1.29, 1.82) is 0 Å². The number of likely N-dealkylation sites (tertiary alicyclic amines) is 1. The third-order valence-corrected chi connectivity index (χ3v) is 2.07. The number of aliphatic imine (C=N–C) groups is 1. The number of rotatable bonds is 1. The highest BCUT2D eigenvalue weighted by Gasteiger charge is 2.27. The Morgan fingerprint density at radius 3 is 2.77 bits per heavy atom. The first-order chi connectivity index (χ1) is 6.06. The maximum atomic E-state index is 11.4. The average Bonchev–Trinajstić information content (AvgIpc) is 2.32. The van der Waals surface area contributed by atoms with E-state index in [0.29, 0.717) is 23.0 Å². The lowest BCUT2D eigenvalue weighted by atomic mass is 10.2. The van der Waals surface area contributed by atoms with E-state index in [2.05, 4.69) is 11.6 Å². The third kappa shape index (κ3) is 1.98. The Hall–Kier alpha value is -1.09. The summed E-state index contributed by atoms with van der Waals surface area (Å²) in [6, 6.07) is 0. The fraction of sp³-hybridized carbons (Fsp3) is 0.333. The van der Waals surface area contributed by atoms with Crippen LogP contribution in [0.15, 0.2) is 28.4 Å². The lowest BCUT2D eigenvalue weighted by molar-refractivity contribution is -0.121. The maximum absolute atomic E-state index is 11.4. The molecule has 1 rings (SSSR count). The van der Waals surface area contributed by atoms with Crippen molar-refractivity contribution in [3.8, 4) is 0 Å². The summed E-state index contributed by atoms with van der Waals surface area (Å²) in [4.78, 5) is 16.9. The van der Waals surface area contributed by atoms with E-state index < -0.39 is 0 Å². The second-order valence-corrected chi connectivity index (χ2v) is 3.22. The largest absolute Gasteiger partial charge is 0.336 e. The minimum atomic E-state index is -0.120. The first-order valence-corrected chi connectivity index (χ1v) is 4.28. The second kappa shape index (κ2) is 3.75. The molecule has 0 bridgehead atoms. The first-order valence-electron chi connectivity index (χ1n) is 3.90. The molecule has 1 saturated heterocycles. The van der Waals surface area contributed by atoms with Crippen molar-refractivity contribution in [1.82, 2.24) is 4.90 Å². The number of likely N-dealkylation sites (N-methyl/N-ethyl adjacent to an activating group) is 1. The van der Waals surface area contributed by atoms with Gasteiger partial charge in [0.05, 0.1) is 0 Å². The van der Waals surface area contributed by atoms with Gasteiger partial charge in [-0.3, -0.25) is 4.79 Å². The fourth-order valence-electron chi connectivity index (χ4n) is 1.06. The molecule has 0 radical (unpaired) electrons. The van der Waals surface area contributed by atoms with Gasteiger partial charge < -0.3 is 4.90 Å². The Bertz CT molecular complexity index is 318. The minimum Gasteiger partial charge on any atom is -0.336 e. The molecule has 4 heteroatoms. The number of amides is 1. The van der Waals surface area contributed by atoms with Gasteiger partial charge in [0.2, 0.25) is 0 Å². The average molecular weight is 199 g/mol. The molecular weight excluding hydrogens is 188 g/mol. The molecule has 0 atom stereocenters. The van der Waals surface area contributed by atoms with Crippen LogP contribution in [-0.4, -0.2) is 30.1 Å². The first kappa shape index (κ1) is 9.99. The fourth-order valence-corrected chi connectivity index (χ4v) is 1.15. The van der Waals surface area contributed by atoms with Crippen LogP contribution >= 0.6 is 11.6 Å². The zero-order valence-corrected chi connectivity index (χ0v) is 8.43. The van der Waals surface area contributed by atoms with Crippen LogP contribution in [0.4, 0.5) is 0 Å². The molecule has 0 aromatic carbocycles. The van der Waals surface area contributed by atoms with Gasteiger partial charge in [-0.1, -0.05) is 24.3 Å². The Balaban J connectivity index is 2.99. The van der Waals surface area contributed by atoms with E-state index in [1.165, 1.54) is 0 Å². The van der Waals surface area contributed by atoms with Crippen molar-refractivity contribution in [3.63, 3.8) is 0 Å². The standard InChI is InChI=1S/C9H11ClN2O/c1-4-7(10)11-8-6(2)5-12(3)9(8)13/h4H,2,5H2,1,3H3/b7-4-,11-8?. The number of hydrogen-bond acceptors (Lipinski definition) is 2. The van der Waals surface area contributed by atoms with Gasteiger partial charge in [0.15, 0.2) is 0 Å². The van der Waals surface area contributed by atoms with Crippen LogP contribution in [0.5, 0.6) is 0 Å². The molecule has 1 fully saturated rings. The van der Waals surface area contributed by atoms with Crippen molar-refractivity contribution in [3.05, 3.63) is 23.4 Å². The molecule has 0 spiro atoms. The quantitative estimate of drug-likeness (QED) is 0.589. The van der Waals surface area contributed by atoms with Crippen LogP contribution in [0, 0.1) is 0 Å². The van der Waals surface area contributed by atoms with E-state index in [1.54, 1.807) is 24.9 Å². The summed E-state index contributed by atoms with van der Waals surface area (Å²) < 4.78 is 0. The molecule has 0 saturated carbocycles.